The molecule has 11 heteroatoms. The average molecular weight is 511 g/mol. The average Bonchev–Trinajstić information content (AvgIpc) is 3.26. The molecule has 2 saturated heterocycles. The highest BCUT2D eigenvalue weighted by atomic mass is 19.1. The minimum absolute atomic E-state index is 0.164. The van der Waals surface area contributed by atoms with Gasteiger partial charge < -0.3 is 20.6 Å². The third-order valence-electron chi connectivity index (χ3n) is 6.73. The maximum Gasteiger partial charge on any atom is 0.254 e. The SMILES string of the molecule is CC(C)c1c(C=CCN2CCN(c3cc(F)cc(F)c3)CC2)cnn1-c1nc(N)cc(N2CC(O)C2)n1. The summed E-state index contributed by atoms with van der Waals surface area (Å²) in [4.78, 5) is 15.3. The molecule has 1 aromatic carbocycles. The maximum absolute atomic E-state index is 13.6. The molecule has 0 amide bonds. The van der Waals surface area contributed by atoms with Gasteiger partial charge >= 0.3 is 0 Å². The first-order chi connectivity index (χ1) is 17.8. The Morgan fingerprint density at radius 3 is 2.38 bits per heavy atom. The summed E-state index contributed by atoms with van der Waals surface area (Å²) in [5.41, 5.74) is 8.61. The molecule has 0 saturated carbocycles. The Labute approximate surface area is 214 Å². The van der Waals surface area contributed by atoms with E-state index in [1.165, 1.54) is 12.1 Å². The number of aliphatic hydroxyl groups is 1. The number of hydrogen-bond acceptors (Lipinski definition) is 8. The molecule has 0 atom stereocenters. The molecule has 0 unspecified atom stereocenters. The fourth-order valence-electron chi connectivity index (χ4n) is 4.81. The predicted molar refractivity (Wildman–Crippen MR) is 140 cm³/mol. The number of nitrogens with zero attached hydrogens (tertiary/aromatic N) is 7. The summed E-state index contributed by atoms with van der Waals surface area (Å²) in [6.07, 6.45) is 5.63. The lowest BCUT2D eigenvalue weighted by atomic mass is 10.1. The zero-order valence-corrected chi connectivity index (χ0v) is 21.1. The number of piperazine rings is 1. The monoisotopic (exact) mass is 510 g/mol. The topological polar surface area (TPSA) is 99.6 Å². The quantitative estimate of drug-likeness (QED) is 0.501. The number of aromatic nitrogens is 4. The highest BCUT2D eigenvalue weighted by Crippen LogP contribution is 2.26. The summed E-state index contributed by atoms with van der Waals surface area (Å²) in [5.74, 6) is 0.488. The zero-order chi connectivity index (χ0) is 26.1. The summed E-state index contributed by atoms with van der Waals surface area (Å²) in [6.45, 7) is 8.99. The molecule has 2 aromatic heterocycles. The van der Waals surface area contributed by atoms with Crippen LogP contribution in [0.4, 0.5) is 26.1 Å². The third kappa shape index (κ3) is 5.57. The van der Waals surface area contributed by atoms with E-state index in [1.54, 1.807) is 10.7 Å². The Morgan fingerprint density at radius 1 is 1.03 bits per heavy atom. The van der Waals surface area contributed by atoms with Gasteiger partial charge in [0.25, 0.3) is 5.95 Å². The van der Waals surface area contributed by atoms with Crippen LogP contribution in [0.25, 0.3) is 12.0 Å². The van der Waals surface area contributed by atoms with Crippen LogP contribution in [-0.4, -0.2) is 81.7 Å². The van der Waals surface area contributed by atoms with Crippen molar-refractivity contribution in [2.24, 2.45) is 0 Å². The van der Waals surface area contributed by atoms with Crippen molar-refractivity contribution in [1.82, 2.24) is 24.6 Å². The van der Waals surface area contributed by atoms with Crippen molar-refractivity contribution in [3.05, 3.63) is 59.4 Å². The molecule has 37 heavy (non-hydrogen) atoms. The second-order valence-corrected chi connectivity index (χ2v) is 9.88. The Bertz CT molecular complexity index is 1260. The van der Waals surface area contributed by atoms with Crippen molar-refractivity contribution in [2.45, 2.75) is 25.9 Å². The van der Waals surface area contributed by atoms with E-state index in [2.05, 4.69) is 46.0 Å². The molecule has 0 aliphatic carbocycles. The van der Waals surface area contributed by atoms with Crippen LogP contribution in [-0.2, 0) is 0 Å². The van der Waals surface area contributed by atoms with Gasteiger partial charge in [0.05, 0.1) is 18.0 Å². The van der Waals surface area contributed by atoms with E-state index in [9.17, 15) is 13.9 Å². The number of benzene rings is 1. The van der Waals surface area contributed by atoms with Gasteiger partial charge in [0.1, 0.15) is 23.3 Å². The minimum Gasteiger partial charge on any atom is -0.389 e. The Hall–Kier alpha value is -3.57. The van der Waals surface area contributed by atoms with E-state index in [4.69, 9.17) is 5.73 Å². The molecular weight excluding hydrogens is 478 g/mol. The van der Waals surface area contributed by atoms with E-state index in [1.807, 2.05) is 16.0 Å². The van der Waals surface area contributed by atoms with Crippen LogP contribution < -0.4 is 15.5 Å². The minimum atomic E-state index is -0.555. The highest BCUT2D eigenvalue weighted by molar-refractivity contribution is 5.55. The van der Waals surface area contributed by atoms with Crippen LogP contribution >= 0.6 is 0 Å². The first kappa shape index (κ1) is 25.1. The van der Waals surface area contributed by atoms with Crippen LogP contribution in [0, 0.1) is 11.6 Å². The zero-order valence-electron chi connectivity index (χ0n) is 21.1. The van der Waals surface area contributed by atoms with E-state index in [0.717, 1.165) is 37.0 Å². The molecule has 0 bridgehead atoms. The fraction of sp³-hybridized carbons (Fsp3) is 0.423. The molecule has 4 heterocycles. The number of halogens is 2. The van der Waals surface area contributed by atoms with Crippen molar-refractivity contribution in [3.8, 4) is 5.95 Å². The van der Waals surface area contributed by atoms with Gasteiger partial charge in [-0.2, -0.15) is 15.1 Å². The first-order valence-electron chi connectivity index (χ1n) is 12.5. The number of rotatable bonds is 7. The number of nitrogens with two attached hydrogens (primary N) is 1. The highest BCUT2D eigenvalue weighted by Gasteiger charge is 2.27. The van der Waals surface area contributed by atoms with Crippen molar-refractivity contribution in [2.75, 3.05) is 61.3 Å². The van der Waals surface area contributed by atoms with Gasteiger partial charge in [-0.1, -0.05) is 26.0 Å². The van der Waals surface area contributed by atoms with Crippen LogP contribution in [0.15, 0.2) is 36.5 Å². The molecule has 0 spiro atoms. The maximum atomic E-state index is 13.6. The molecule has 0 radical (unpaired) electrons. The van der Waals surface area contributed by atoms with Gasteiger partial charge in [0, 0.05) is 69.2 Å². The van der Waals surface area contributed by atoms with Gasteiger partial charge in [0.2, 0.25) is 0 Å². The first-order valence-corrected chi connectivity index (χ1v) is 12.5. The fourth-order valence-corrected chi connectivity index (χ4v) is 4.81. The number of aliphatic hydroxyl groups excluding tert-OH is 1. The molecule has 5 rings (SSSR count). The second-order valence-electron chi connectivity index (χ2n) is 9.88. The standard InChI is InChI=1S/C26H32F2N8O/c1-17(2)25-18(14-30-36(25)26-31-23(29)13-24(32-26)35-15-22(37)16-35)4-3-5-33-6-8-34(9-7-33)21-11-19(27)10-20(28)12-21/h3-4,10-14,17,22,37H,5-9,15-16H2,1-2H3,(H2,29,31,32). The molecule has 2 fully saturated rings. The molecule has 9 nitrogen and oxygen atoms in total. The summed E-state index contributed by atoms with van der Waals surface area (Å²) in [7, 11) is 0. The van der Waals surface area contributed by atoms with Crippen LogP contribution in [0.5, 0.6) is 0 Å². The molecule has 2 aliphatic rings. The molecular formula is C26H32F2N8O. The van der Waals surface area contributed by atoms with Gasteiger partial charge in [-0.05, 0) is 18.1 Å². The van der Waals surface area contributed by atoms with E-state index in [-0.39, 0.29) is 12.0 Å². The van der Waals surface area contributed by atoms with Crippen molar-refractivity contribution >= 4 is 23.4 Å². The van der Waals surface area contributed by atoms with Crippen LogP contribution in [0.2, 0.25) is 0 Å². The summed E-state index contributed by atoms with van der Waals surface area (Å²) in [5, 5.41) is 14.2. The summed E-state index contributed by atoms with van der Waals surface area (Å²) < 4.78 is 28.9. The normalized spacial score (nSPS) is 17.2. The van der Waals surface area contributed by atoms with Gasteiger partial charge in [-0.25, -0.2) is 13.5 Å². The lowest BCUT2D eigenvalue weighted by Gasteiger charge is -2.36. The van der Waals surface area contributed by atoms with E-state index >= 15 is 0 Å². The van der Waals surface area contributed by atoms with Gasteiger partial charge in [0.15, 0.2) is 0 Å². The summed E-state index contributed by atoms with van der Waals surface area (Å²) >= 11 is 0. The number of hydrogen-bond donors (Lipinski definition) is 2. The lowest BCUT2D eigenvalue weighted by molar-refractivity contribution is 0.141. The smallest absolute Gasteiger partial charge is 0.254 e. The second kappa shape index (κ2) is 10.4. The van der Waals surface area contributed by atoms with Crippen molar-refractivity contribution in [1.29, 1.82) is 0 Å². The third-order valence-corrected chi connectivity index (χ3v) is 6.73. The Balaban J connectivity index is 1.25. The number of anilines is 3. The van der Waals surface area contributed by atoms with Gasteiger partial charge in [-0.15, -0.1) is 0 Å². The summed E-state index contributed by atoms with van der Waals surface area (Å²) in [6, 6.07) is 5.36. The molecule has 196 valence electrons. The Kier molecular flexibility index (Phi) is 7.07. The largest absolute Gasteiger partial charge is 0.389 e. The molecule has 3 N–H and O–H groups in total. The predicted octanol–water partition coefficient (Wildman–Crippen LogP) is 2.66. The van der Waals surface area contributed by atoms with Crippen molar-refractivity contribution in [3.63, 3.8) is 0 Å². The van der Waals surface area contributed by atoms with Crippen molar-refractivity contribution < 1.29 is 13.9 Å². The number of β-amino-alcohol motifs (C(OH)–C–C–N with tert-alkyl or cyclic N) is 1. The van der Waals surface area contributed by atoms with Gasteiger partial charge in [-0.3, -0.25) is 4.90 Å². The molecule has 3 aromatic rings. The number of nitrogen functional groups attached to an aromatic ring is 1. The van der Waals surface area contributed by atoms with Crippen LogP contribution in [0.1, 0.15) is 31.0 Å². The van der Waals surface area contributed by atoms with E-state index < -0.39 is 11.6 Å². The van der Waals surface area contributed by atoms with Crippen LogP contribution in [0.3, 0.4) is 0 Å². The van der Waals surface area contributed by atoms with E-state index in [0.29, 0.717) is 49.5 Å². The Morgan fingerprint density at radius 2 is 1.73 bits per heavy atom. The molecule has 2 aliphatic heterocycles. The lowest BCUT2D eigenvalue weighted by Crippen LogP contribution is -2.51.